The molecule has 0 aliphatic rings. The molecule has 0 bridgehead atoms. The number of halogens is 1. The molecule has 1 N–H and O–H groups in total. The molecule has 3 aromatic rings. The molecule has 0 atom stereocenters. The zero-order valence-electron chi connectivity index (χ0n) is 12.1. The van der Waals surface area contributed by atoms with E-state index in [1.54, 1.807) is 5.38 Å². The maximum absolute atomic E-state index is 12.2. The molecule has 0 aliphatic carbocycles. The Morgan fingerprint density at radius 2 is 2.09 bits per heavy atom. The smallest absolute Gasteiger partial charge is 0.256 e. The Morgan fingerprint density at radius 3 is 2.83 bits per heavy atom. The van der Waals surface area contributed by atoms with Crippen LogP contribution in [0.5, 0.6) is 5.75 Å². The first-order chi connectivity index (χ1) is 11.2. The van der Waals surface area contributed by atoms with E-state index in [0.717, 1.165) is 15.6 Å². The lowest BCUT2D eigenvalue weighted by Crippen LogP contribution is -2.22. The second-order valence-corrected chi connectivity index (χ2v) is 7.05. The van der Waals surface area contributed by atoms with Gasteiger partial charge in [-0.15, -0.1) is 21.5 Å². The maximum atomic E-state index is 12.2. The lowest BCUT2D eigenvalue weighted by Gasteiger charge is -2.04. The molecule has 0 fully saturated rings. The van der Waals surface area contributed by atoms with Gasteiger partial charge in [-0.25, -0.2) is 0 Å². The number of benzene rings is 1. The van der Waals surface area contributed by atoms with Crippen LogP contribution in [0.25, 0.3) is 10.6 Å². The third-order valence-electron chi connectivity index (χ3n) is 3.04. The number of thiophene rings is 1. The average Bonchev–Trinajstić information content (AvgIpc) is 3.20. The quantitative estimate of drug-likeness (QED) is 0.745. The monoisotopic (exact) mass is 365 g/mol. The minimum atomic E-state index is -0.249. The topological polar surface area (TPSA) is 64.1 Å². The number of aromatic nitrogens is 2. The van der Waals surface area contributed by atoms with Gasteiger partial charge in [0.15, 0.2) is 5.75 Å². The highest BCUT2D eigenvalue weighted by Gasteiger charge is 2.18. The molecule has 3 rings (SSSR count). The van der Waals surface area contributed by atoms with Gasteiger partial charge in [0.1, 0.15) is 14.4 Å². The molecule has 0 saturated carbocycles. The average molecular weight is 366 g/mol. The summed E-state index contributed by atoms with van der Waals surface area (Å²) in [5, 5.41) is 14.3. The summed E-state index contributed by atoms with van der Waals surface area (Å²) in [7, 11) is 1.49. The van der Waals surface area contributed by atoms with E-state index in [0.29, 0.717) is 22.2 Å². The highest BCUT2D eigenvalue weighted by molar-refractivity contribution is 7.15. The molecule has 8 heteroatoms. The van der Waals surface area contributed by atoms with E-state index in [9.17, 15) is 4.79 Å². The van der Waals surface area contributed by atoms with Crippen molar-refractivity contribution in [3.8, 4) is 16.3 Å². The van der Waals surface area contributed by atoms with Crippen LogP contribution in [0, 0.1) is 0 Å². The number of hydrogen-bond donors (Lipinski definition) is 1. The number of nitrogens with zero attached hydrogens (tertiary/aromatic N) is 2. The lowest BCUT2D eigenvalue weighted by atomic mass is 10.2. The van der Waals surface area contributed by atoms with E-state index in [1.165, 1.54) is 29.8 Å². The zero-order valence-corrected chi connectivity index (χ0v) is 14.5. The summed E-state index contributed by atoms with van der Waals surface area (Å²) in [4.78, 5) is 12.2. The molecule has 0 unspecified atom stereocenters. The predicted octanol–water partition coefficient (Wildman–Crippen LogP) is 3.86. The minimum absolute atomic E-state index is 0.249. The summed E-state index contributed by atoms with van der Waals surface area (Å²) in [6.07, 6.45) is 0. The number of nitrogens with one attached hydrogen (secondary N) is 1. The molecular weight excluding hydrogens is 354 g/mol. The number of methoxy groups -OCH3 is 1. The minimum Gasteiger partial charge on any atom is -0.493 e. The van der Waals surface area contributed by atoms with Crippen molar-refractivity contribution >= 4 is 40.2 Å². The Hall–Kier alpha value is -1.96. The van der Waals surface area contributed by atoms with Gasteiger partial charge in [-0.05, 0) is 0 Å². The van der Waals surface area contributed by atoms with Gasteiger partial charge < -0.3 is 10.1 Å². The number of carbonyl (C=O) groups is 1. The van der Waals surface area contributed by atoms with Crippen molar-refractivity contribution in [2.45, 2.75) is 6.54 Å². The van der Waals surface area contributed by atoms with E-state index < -0.39 is 0 Å². The van der Waals surface area contributed by atoms with Crippen molar-refractivity contribution in [2.24, 2.45) is 0 Å². The van der Waals surface area contributed by atoms with Gasteiger partial charge in [0, 0.05) is 10.9 Å². The first-order valence-corrected chi connectivity index (χ1v) is 8.73. The number of ether oxygens (including phenoxy) is 1. The van der Waals surface area contributed by atoms with Crippen molar-refractivity contribution in [1.29, 1.82) is 0 Å². The van der Waals surface area contributed by atoms with E-state index in [4.69, 9.17) is 16.3 Å². The largest absolute Gasteiger partial charge is 0.493 e. The summed E-state index contributed by atoms with van der Waals surface area (Å²) in [6, 6.07) is 9.79. The molecule has 1 amide bonds. The Bertz CT molecular complexity index is 817. The van der Waals surface area contributed by atoms with E-state index >= 15 is 0 Å². The van der Waals surface area contributed by atoms with Crippen molar-refractivity contribution in [1.82, 2.24) is 15.5 Å². The maximum Gasteiger partial charge on any atom is 0.256 e. The first-order valence-electron chi connectivity index (χ1n) is 6.66. The van der Waals surface area contributed by atoms with Gasteiger partial charge >= 0.3 is 0 Å². The number of carbonyl (C=O) groups excluding carboxylic acids is 1. The molecule has 0 spiro atoms. The van der Waals surface area contributed by atoms with Crippen LogP contribution in [-0.2, 0) is 6.54 Å². The highest BCUT2D eigenvalue weighted by Crippen LogP contribution is 2.34. The van der Waals surface area contributed by atoms with Crippen LogP contribution in [0.3, 0.4) is 0 Å². The van der Waals surface area contributed by atoms with E-state index in [1.807, 2.05) is 30.3 Å². The van der Waals surface area contributed by atoms with Crippen LogP contribution < -0.4 is 10.1 Å². The van der Waals surface area contributed by atoms with Crippen molar-refractivity contribution in [2.75, 3.05) is 7.11 Å². The van der Waals surface area contributed by atoms with Gasteiger partial charge in [-0.2, -0.15) is 0 Å². The SMILES string of the molecule is COc1c(C(=O)NCc2nnc(-c3ccccc3)s2)csc1Cl. The van der Waals surface area contributed by atoms with Crippen molar-refractivity contribution < 1.29 is 9.53 Å². The fraction of sp³-hybridized carbons (Fsp3) is 0.133. The van der Waals surface area contributed by atoms with Crippen LogP contribution in [0.2, 0.25) is 4.34 Å². The van der Waals surface area contributed by atoms with Crippen LogP contribution in [-0.4, -0.2) is 23.2 Å². The molecule has 2 aromatic heterocycles. The summed E-state index contributed by atoms with van der Waals surface area (Å²) < 4.78 is 5.60. The van der Waals surface area contributed by atoms with Crippen molar-refractivity contribution in [3.05, 3.63) is 50.6 Å². The lowest BCUT2D eigenvalue weighted by molar-refractivity contribution is 0.0948. The summed E-state index contributed by atoms with van der Waals surface area (Å²) in [5.74, 6) is 0.151. The second-order valence-electron chi connectivity index (χ2n) is 4.51. The van der Waals surface area contributed by atoms with Crippen LogP contribution in [0.4, 0.5) is 0 Å². The first kappa shape index (κ1) is 15.9. The third-order valence-corrected chi connectivity index (χ3v) is 5.20. The highest BCUT2D eigenvalue weighted by atomic mass is 35.5. The fourth-order valence-electron chi connectivity index (χ4n) is 1.94. The summed E-state index contributed by atoms with van der Waals surface area (Å²) in [5.41, 5.74) is 1.43. The van der Waals surface area contributed by atoms with E-state index in [-0.39, 0.29) is 5.91 Å². The second kappa shape index (κ2) is 7.08. The third kappa shape index (κ3) is 3.52. The van der Waals surface area contributed by atoms with Crippen LogP contribution >= 0.6 is 34.3 Å². The fourth-order valence-corrected chi connectivity index (χ4v) is 3.78. The predicted molar refractivity (Wildman–Crippen MR) is 92.4 cm³/mol. The number of rotatable bonds is 5. The molecule has 1 aromatic carbocycles. The Labute approximate surface area is 145 Å². The Morgan fingerprint density at radius 1 is 1.30 bits per heavy atom. The van der Waals surface area contributed by atoms with Gasteiger partial charge in [0.05, 0.1) is 19.2 Å². The van der Waals surface area contributed by atoms with Gasteiger partial charge in [-0.1, -0.05) is 53.3 Å². The van der Waals surface area contributed by atoms with E-state index in [2.05, 4.69) is 15.5 Å². The Balaban J connectivity index is 1.67. The Kier molecular flexibility index (Phi) is 4.90. The normalized spacial score (nSPS) is 10.5. The van der Waals surface area contributed by atoms with Gasteiger partial charge in [0.25, 0.3) is 5.91 Å². The van der Waals surface area contributed by atoms with Crippen LogP contribution in [0.1, 0.15) is 15.4 Å². The van der Waals surface area contributed by atoms with Crippen molar-refractivity contribution in [3.63, 3.8) is 0 Å². The van der Waals surface area contributed by atoms with Gasteiger partial charge in [0.2, 0.25) is 0 Å². The molecule has 0 saturated heterocycles. The number of amides is 1. The molecule has 118 valence electrons. The molecular formula is C15H12ClN3O2S2. The molecule has 23 heavy (non-hydrogen) atoms. The zero-order chi connectivity index (χ0) is 16.2. The van der Waals surface area contributed by atoms with Crippen LogP contribution in [0.15, 0.2) is 35.7 Å². The molecule has 2 heterocycles. The number of hydrogen-bond acceptors (Lipinski definition) is 6. The van der Waals surface area contributed by atoms with Gasteiger partial charge in [-0.3, -0.25) is 4.79 Å². The molecule has 0 radical (unpaired) electrons. The molecule has 0 aliphatic heterocycles. The molecule has 5 nitrogen and oxygen atoms in total. The standard InChI is InChI=1S/C15H12ClN3O2S2/c1-21-12-10(8-22-13(12)16)14(20)17-7-11-18-19-15(23-11)9-5-3-2-4-6-9/h2-6,8H,7H2,1H3,(H,17,20). The summed E-state index contributed by atoms with van der Waals surface area (Å²) in [6.45, 7) is 0.306. The summed E-state index contributed by atoms with van der Waals surface area (Å²) >= 11 is 8.68.